The van der Waals surface area contributed by atoms with Gasteiger partial charge in [-0.1, -0.05) is 18.2 Å². The summed E-state index contributed by atoms with van der Waals surface area (Å²) in [7, 11) is 0. The standard InChI is InChI=1S/C25H26F4/c1-2-3-15-4-5-17-11-18(7-6-16(17)10-15)20-13-23(28)25(24(29)14-20)19-8-9-21(26)22(27)12-19/h2-3,8-9,12-18H,4-7,10-11H2,1H3/b3-2+. The highest BCUT2D eigenvalue weighted by Crippen LogP contribution is 2.48. The molecule has 0 saturated heterocycles. The van der Waals surface area contributed by atoms with E-state index < -0.39 is 23.3 Å². The largest absolute Gasteiger partial charge is 0.206 e. The van der Waals surface area contributed by atoms with Gasteiger partial charge in [-0.15, -0.1) is 0 Å². The molecule has 2 saturated carbocycles. The number of hydrogen-bond acceptors (Lipinski definition) is 0. The van der Waals surface area contributed by atoms with Crippen LogP contribution in [0.1, 0.15) is 56.9 Å². The number of hydrogen-bond donors (Lipinski definition) is 0. The third-order valence-corrected chi connectivity index (χ3v) is 6.86. The molecule has 0 bridgehead atoms. The number of rotatable bonds is 3. The molecule has 4 unspecified atom stereocenters. The van der Waals surface area contributed by atoms with Crippen LogP contribution in [0.5, 0.6) is 0 Å². The molecule has 0 aromatic heterocycles. The highest BCUT2D eigenvalue weighted by Gasteiger charge is 2.35. The van der Waals surface area contributed by atoms with Crippen LogP contribution in [0.15, 0.2) is 42.5 Å². The van der Waals surface area contributed by atoms with E-state index in [1.54, 1.807) is 0 Å². The zero-order chi connectivity index (χ0) is 20.5. The van der Waals surface area contributed by atoms with Crippen LogP contribution in [0, 0.1) is 41.0 Å². The maximum absolute atomic E-state index is 14.8. The molecule has 2 aromatic carbocycles. The number of benzene rings is 2. The van der Waals surface area contributed by atoms with Crippen molar-refractivity contribution in [3.05, 3.63) is 71.3 Å². The number of halogens is 4. The Labute approximate surface area is 169 Å². The van der Waals surface area contributed by atoms with Crippen LogP contribution in [-0.4, -0.2) is 0 Å². The fourth-order valence-corrected chi connectivity index (χ4v) is 5.43. The predicted octanol–water partition coefficient (Wildman–Crippen LogP) is 7.79. The summed E-state index contributed by atoms with van der Waals surface area (Å²) >= 11 is 0. The first-order valence-electron chi connectivity index (χ1n) is 10.5. The molecule has 0 aliphatic heterocycles. The monoisotopic (exact) mass is 402 g/mol. The molecule has 2 aliphatic carbocycles. The van der Waals surface area contributed by atoms with Crippen LogP contribution < -0.4 is 0 Å². The van der Waals surface area contributed by atoms with Crippen molar-refractivity contribution in [3.63, 3.8) is 0 Å². The predicted molar refractivity (Wildman–Crippen MR) is 107 cm³/mol. The molecule has 154 valence electrons. The molecular formula is C25H26F4. The van der Waals surface area contributed by atoms with E-state index in [4.69, 9.17) is 0 Å². The van der Waals surface area contributed by atoms with Crippen molar-refractivity contribution in [1.82, 2.24) is 0 Å². The van der Waals surface area contributed by atoms with Crippen LogP contribution in [0.4, 0.5) is 17.6 Å². The molecular weight excluding hydrogens is 376 g/mol. The average molecular weight is 402 g/mol. The normalized spacial score (nSPS) is 27.2. The average Bonchev–Trinajstić information content (AvgIpc) is 2.70. The summed E-state index contributed by atoms with van der Waals surface area (Å²) in [4.78, 5) is 0. The van der Waals surface area contributed by atoms with Gasteiger partial charge in [0.25, 0.3) is 0 Å². The molecule has 4 atom stereocenters. The van der Waals surface area contributed by atoms with Crippen molar-refractivity contribution in [2.24, 2.45) is 17.8 Å². The first kappa shape index (κ1) is 20.2. The quantitative estimate of drug-likeness (QED) is 0.363. The molecule has 29 heavy (non-hydrogen) atoms. The van der Waals surface area contributed by atoms with Gasteiger partial charge in [0.1, 0.15) is 11.6 Å². The van der Waals surface area contributed by atoms with Gasteiger partial charge in [-0.3, -0.25) is 0 Å². The Morgan fingerprint density at radius 2 is 1.45 bits per heavy atom. The summed E-state index contributed by atoms with van der Waals surface area (Å²) in [5, 5.41) is 0. The lowest BCUT2D eigenvalue weighted by Crippen LogP contribution is -2.30. The van der Waals surface area contributed by atoms with Crippen LogP contribution in [0.3, 0.4) is 0 Å². The van der Waals surface area contributed by atoms with Gasteiger partial charge in [-0.2, -0.15) is 0 Å². The van der Waals surface area contributed by atoms with Crippen LogP contribution >= 0.6 is 0 Å². The van der Waals surface area contributed by atoms with Gasteiger partial charge in [-0.25, -0.2) is 17.6 Å². The molecule has 0 radical (unpaired) electrons. The summed E-state index contributed by atoms with van der Waals surface area (Å²) in [6.07, 6.45) is 11.0. The van der Waals surface area contributed by atoms with Gasteiger partial charge < -0.3 is 0 Å². The zero-order valence-electron chi connectivity index (χ0n) is 16.6. The maximum Gasteiger partial charge on any atom is 0.159 e. The molecule has 0 nitrogen and oxygen atoms in total. The molecule has 2 aromatic rings. The molecule has 0 amide bonds. The fourth-order valence-electron chi connectivity index (χ4n) is 5.43. The van der Waals surface area contributed by atoms with Gasteiger partial charge >= 0.3 is 0 Å². The first-order valence-corrected chi connectivity index (χ1v) is 10.5. The molecule has 4 heteroatoms. The number of fused-ring (bicyclic) bond motifs is 1. The van der Waals surface area contributed by atoms with Gasteiger partial charge in [-0.05, 0) is 105 Å². The van der Waals surface area contributed by atoms with E-state index in [1.165, 1.54) is 37.5 Å². The molecule has 4 rings (SSSR count). The minimum atomic E-state index is -1.11. The molecule has 0 spiro atoms. The Morgan fingerprint density at radius 3 is 2.14 bits per heavy atom. The Bertz CT molecular complexity index is 894. The van der Waals surface area contributed by atoms with Crippen molar-refractivity contribution >= 4 is 0 Å². The summed E-state index contributed by atoms with van der Waals surface area (Å²) in [6.45, 7) is 2.07. The topological polar surface area (TPSA) is 0 Å². The summed E-state index contributed by atoms with van der Waals surface area (Å²) in [5.41, 5.74) is 0.394. The Kier molecular flexibility index (Phi) is 5.80. The van der Waals surface area contributed by atoms with Crippen LogP contribution in [0.25, 0.3) is 11.1 Å². The van der Waals surface area contributed by atoms with Crippen LogP contribution in [-0.2, 0) is 0 Å². The second-order valence-corrected chi connectivity index (χ2v) is 8.62. The minimum Gasteiger partial charge on any atom is -0.206 e. The van der Waals surface area contributed by atoms with E-state index >= 15 is 0 Å². The highest BCUT2D eigenvalue weighted by molar-refractivity contribution is 5.65. The third kappa shape index (κ3) is 4.12. The molecule has 2 fully saturated rings. The summed E-state index contributed by atoms with van der Waals surface area (Å²) in [6, 6.07) is 5.70. The van der Waals surface area contributed by atoms with Crippen molar-refractivity contribution in [2.45, 2.75) is 51.4 Å². The van der Waals surface area contributed by atoms with Crippen molar-refractivity contribution in [3.8, 4) is 11.1 Å². The zero-order valence-corrected chi connectivity index (χ0v) is 16.6. The molecule has 2 aliphatic rings. The third-order valence-electron chi connectivity index (χ3n) is 6.86. The van der Waals surface area contributed by atoms with E-state index in [0.29, 0.717) is 23.3 Å². The van der Waals surface area contributed by atoms with E-state index in [0.717, 1.165) is 31.4 Å². The van der Waals surface area contributed by atoms with Crippen molar-refractivity contribution < 1.29 is 17.6 Å². The lowest BCUT2D eigenvalue weighted by molar-refractivity contribution is 0.133. The lowest BCUT2D eigenvalue weighted by Gasteiger charge is -2.42. The molecule has 0 heterocycles. The fraction of sp³-hybridized carbons (Fsp3) is 0.440. The smallest absolute Gasteiger partial charge is 0.159 e. The Morgan fingerprint density at radius 1 is 0.759 bits per heavy atom. The number of allylic oxidation sites excluding steroid dienone is 2. The van der Waals surface area contributed by atoms with Gasteiger partial charge in [0.05, 0.1) is 5.56 Å². The summed E-state index contributed by atoms with van der Waals surface area (Å²) in [5.74, 6) is -1.44. The van der Waals surface area contributed by atoms with E-state index in [9.17, 15) is 17.6 Å². The Hall–Kier alpha value is -2.10. The van der Waals surface area contributed by atoms with Crippen LogP contribution in [0.2, 0.25) is 0 Å². The van der Waals surface area contributed by atoms with E-state index in [1.807, 2.05) is 0 Å². The van der Waals surface area contributed by atoms with Gasteiger partial charge in [0.15, 0.2) is 11.6 Å². The second kappa shape index (κ2) is 8.33. The maximum atomic E-state index is 14.8. The van der Waals surface area contributed by atoms with Crippen molar-refractivity contribution in [1.29, 1.82) is 0 Å². The van der Waals surface area contributed by atoms with E-state index in [-0.39, 0.29) is 17.0 Å². The van der Waals surface area contributed by atoms with E-state index in [2.05, 4.69) is 19.1 Å². The van der Waals surface area contributed by atoms with Gasteiger partial charge in [0, 0.05) is 0 Å². The second-order valence-electron chi connectivity index (χ2n) is 8.62. The first-order chi connectivity index (χ1) is 14.0. The highest BCUT2D eigenvalue weighted by atomic mass is 19.2. The van der Waals surface area contributed by atoms with Gasteiger partial charge in [0.2, 0.25) is 0 Å². The van der Waals surface area contributed by atoms with Crippen molar-refractivity contribution in [2.75, 3.05) is 0 Å². The SMILES string of the molecule is C/C=C/C1CCC2CC(c3cc(F)c(-c4ccc(F)c(F)c4)c(F)c3)CCC2C1. The molecule has 0 N–H and O–H groups in total. The Balaban J connectivity index is 1.54. The lowest BCUT2D eigenvalue weighted by atomic mass is 9.64. The minimum absolute atomic E-state index is 0.0106. The summed E-state index contributed by atoms with van der Waals surface area (Å²) < 4.78 is 56.2.